The zero-order valence-corrected chi connectivity index (χ0v) is 19.1. The minimum atomic E-state index is 0. The number of rotatable bonds is 8. The summed E-state index contributed by atoms with van der Waals surface area (Å²) >= 11 is 5.90. The highest BCUT2D eigenvalue weighted by molar-refractivity contribution is 14.0. The maximum absolute atomic E-state index is 5.90. The zero-order chi connectivity index (χ0) is 19.6. The summed E-state index contributed by atoms with van der Waals surface area (Å²) in [6.45, 7) is 1.73. The van der Waals surface area contributed by atoms with E-state index in [1.54, 1.807) is 19.2 Å². The Balaban J connectivity index is 0.00000300. The van der Waals surface area contributed by atoms with E-state index in [1.807, 2.05) is 42.5 Å². The minimum absolute atomic E-state index is 0. The average Bonchev–Trinajstić information content (AvgIpc) is 3.20. The summed E-state index contributed by atoms with van der Waals surface area (Å²) in [5, 5.41) is 11.0. The molecule has 0 fully saturated rings. The van der Waals surface area contributed by atoms with E-state index in [9.17, 15) is 0 Å². The molecule has 0 unspecified atom stereocenters. The van der Waals surface area contributed by atoms with Crippen molar-refractivity contribution in [1.29, 1.82) is 0 Å². The number of para-hydroxylation sites is 1. The summed E-state index contributed by atoms with van der Waals surface area (Å²) in [5.41, 5.74) is 0.848. The second kappa shape index (κ2) is 12.3. The molecule has 0 saturated carbocycles. The van der Waals surface area contributed by atoms with Crippen LogP contribution in [0.2, 0.25) is 5.02 Å². The highest BCUT2D eigenvalue weighted by atomic mass is 127. The Hall–Kier alpha value is -2.33. The quantitative estimate of drug-likeness (QED) is 0.198. The van der Waals surface area contributed by atoms with Crippen LogP contribution in [0.3, 0.4) is 0 Å². The fourth-order valence-corrected chi connectivity index (χ4v) is 2.53. The Morgan fingerprint density at radius 2 is 1.86 bits per heavy atom. The maximum atomic E-state index is 5.90. The molecule has 2 N–H and O–H groups in total. The van der Waals surface area contributed by atoms with Crippen LogP contribution in [-0.2, 0) is 6.54 Å². The van der Waals surface area contributed by atoms with Crippen LogP contribution >= 0.6 is 35.6 Å². The van der Waals surface area contributed by atoms with E-state index in [-0.39, 0.29) is 24.0 Å². The fraction of sp³-hybridized carbons (Fsp3) is 0.250. The van der Waals surface area contributed by atoms with Gasteiger partial charge in [0.1, 0.15) is 5.75 Å². The molecule has 3 aromatic rings. The van der Waals surface area contributed by atoms with Crippen LogP contribution in [-0.4, -0.2) is 36.3 Å². The molecule has 1 heterocycles. The van der Waals surface area contributed by atoms with Crippen LogP contribution in [0.4, 0.5) is 0 Å². The lowest BCUT2D eigenvalue weighted by molar-refractivity contribution is 0.311. The van der Waals surface area contributed by atoms with Gasteiger partial charge in [0.05, 0.1) is 13.2 Å². The molecule has 0 aliphatic carbocycles. The molecule has 0 aliphatic rings. The highest BCUT2D eigenvalue weighted by Crippen LogP contribution is 2.18. The maximum Gasteiger partial charge on any atom is 0.246 e. The second-order valence-corrected chi connectivity index (χ2v) is 6.32. The minimum Gasteiger partial charge on any atom is -0.494 e. The first kappa shape index (κ1) is 23.0. The van der Waals surface area contributed by atoms with Crippen LogP contribution in [0.15, 0.2) is 64.1 Å². The van der Waals surface area contributed by atoms with Gasteiger partial charge in [-0.25, -0.2) is 0 Å². The van der Waals surface area contributed by atoms with Crippen molar-refractivity contribution in [1.82, 2.24) is 20.8 Å². The molecule has 2 aromatic carbocycles. The number of benzene rings is 2. The number of nitrogens with zero attached hydrogens (tertiary/aromatic N) is 3. The monoisotopic (exact) mass is 527 g/mol. The average molecular weight is 528 g/mol. The van der Waals surface area contributed by atoms with Crippen LogP contribution in [0, 0.1) is 0 Å². The molecule has 0 amide bonds. The molecule has 0 radical (unpaired) electrons. The first-order chi connectivity index (χ1) is 13.7. The summed E-state index contributed by atoms with van der Waals surface area (Å²) in [6.07, 6.45) is 0.844. The van der Waals surface area contributed by atoms with Crippen LogP contribution in [0.25, 0.3) is 11.4 Å². The van der Waals surface area contributed by atoms with Gasteiger partial charge in [-0.05, 0) is 42.8 Å². The van der Waals surface area contributed by atoms with E-state index < -0.39 is 0 Å². The lowest BCUT2D eigenvalue weighted by atomic mass is 10.2. The molecule has 0 aliphatic heterocycles. The molecule has 9 heteroatoms. The number of guanidine groups is 1. The van der Waals surface area contributed by atoms with Gasteiger partial charge in [-0.3, -0.25) is 4.99 Å². The van der Waals surface area contributed by atoms with E-state index in [0.717, 1.165) is 24.3 Å². The van der Waals surface area contributed by atoms with E-state index in [1.165, 1.54) is 0 Å². The SMILES string of the molecule is CN=C(NCCCOc1ccccc1)NCc1nc(-c2ccc(Cl)cc2)no1.I. The van der Waals surface area contributed by atoms with E-state index >= 15 is 0 Å². The summed E-state index contributed by atoms with van der Waals surface area (Å²) in [6, 6.07) is 17.0. The highest BCUT2D eigenvalue weighted by Gasteiger charge is 2.09. The Labute approximate surface area is 191 Å². The molecule has 29 heavy (non-hydrogen) atoms. The van der Waals surface area contributed by atoms with Crippen molar-refractivity contribution < 1.29 is 9.26 Å². The third-order valence-electron chi connectivity index (χ3n) is 3.83. The van der Waals surface area contributed by atoms with Crippen molar-refractivity contribution in [2.24, 2.45) is 4.99 Å². The summed E-state index contributed by atoms with van der Waals surface area (Å²) in [7, 11) is 1.71. The number of aromatic nitrogens is 2. The molecule has 1 aromatic heterocycles. The van der Waals surface area contributed by atoms with E-state index in [0.29, 0.717) is 35.8 Å². The second-order valence-electron chi connectivity index (χ2n) is 5.89. The Morgan fingerprint density at radius 1 is 1.10 bits per heavy atom. The van der Waals surface area contributed by atoms with Gasteiger partial charge in [0.25, 0.3) is 0 Å². The van der Waals surface area contributed by atoms with Crippen LogP contribution < -0.4 is 15.4 Å². The number of halogens is 2. The van der Waals surface area contributed by atoms with Crippen LogP contribution in [0.5, 0.6) is 5.75 Å². The number of nitrogens with one attached hydrogen (secondary N) is 2. The molecule has 0 spiro atoms. The van der Waals surface area contributed by atoms with Crippen molar-refractivity contribution in [3.63, 3.8) is 0 Å². The summed E-state index contributed by atoms with van der Waals surface area (Å²) < 4.78 is 10.9. The first-order valence-electron chi connectivity index (χ1n) is 8.95. The number of hydrogen-bond acceptors (Lipinski definition) is 5. The third kappa shape index (κ3) is 7.54. The molecular formula is C20H23ClIN5O2. The van der Waals surface area contributed by atoms with Gasteiger partial charge >= 0.3 is 0 Å². The predicted molar refractivity (Wildman–Crippen MR) is 125 cm³/mol. The zero-order valence-electron chi connectivity index (χ0n) is 16.0. The van der Waals surface area contributed by atoms with E-state index in [4.69, 9.17) is 20.9 Å². The van der Waals surface area contributed by atoms with Gasteiger partial charge in [-0.2, -0.15) is 4.98 Å². The van der Waals surface area contributed by atoms with Gasteiger partial charge < -0.3 is 19.9 Å². The molecule has 0 bridgehead atoms. The predicted octanol–water partition coefficient (Wildman–Crippen LogP) is 4.14. The Bertz CT molecular complexity index is 887. The first-order valence-corrected chi connectivity index (χ1v) is 9.33. The summed E-state index contributed by atoms with van der Waals surface area (Å²) in [4.78, 5) is 8.56. The van der Waals surface area contributed by atoms with Crippen molar-refractivity contribution in [3.05, 3.63) is 65.5 Å². The topological polar surface area (TPSA) is 84.6 Å². The van der Waals surface area contributed by atoms with Crippen molar-refractivity contribution in [3.8, 4) is 17.1 Å². The van der Waals surface area contributed by atoms with E-state index in [2.05, 4.69) is 25.8 Å². The largest absolute Gasteiger partial charge is 0.494 e. The molecule has 7 nitrogen and oxygen atoms in total. The molecule has 0 saturated heterocycles. The Kier molecular flexibility index (Phi) is 9.72. The molecule has 154 valence electrons. The smallest absolute Gasteiger partial charge is 0.246 e. The Morgan fingerprint density at radius 3 is 2.59 bits per heavy atom. The number of hydrogen-bond donors (Lipinski definition) is 2. The summed E-state index contributed by atoms with van der Waals surface area (Å²) in [5.74, 6) is 2.53. The van der Waals surface area contributed by atoms with Crippen LogP contribution in [0.1, 0.15) is 12.3 Å². The van der Waals surface area contributed by atoms with Gasteiger partial charge in [0.15, 0.2) is 5.96 Å². The number of aliphatic imine (C=N–C) groups is 1. The van der Waals surface area contributed by atoms with Crippen molar-refractivity contribution >= 4 is 41.5 Å². The van der Waals surface area contributed by atoms with Gasteiger partial charge in [0, 0.05) is 24.2 Å². The van der Waals surface area contributed by atoms with Gasteiger partial charge in [-0.15, -0.1) is 24.0 Å². The standard InChI is InChI=1S/C20H22ClN5O2.HI/c1-22-20(23-12-5-13-27-17-6-3-2-4-7-17)24-14-18-25-19(26-28-18)15-8-10-16(21)11-9-15;/h2-4,6-11H,5,12-14H2,1H3,(H2,22,23,24);1H. The molecule has 0 atom stereocenters. The van der Waals surface area contributed by atoms with Gasteiger partial charge in [0.2, 0.25) is 11.7 Å². The van der Waals surface area contributed by atoms with Crippen molar-refractivity contribution in [2.75, 3.05) is 20.2 Å². The molecular weight excluding hydrogens is 505 g/mol. The van der Waals surface area contributed by atoms with Gasteiger partial charge in [-0.1, -0.05) is 35.0 Å². The van der Waals surface area contributed by atoms with Crippen molar-refractivity contribution in [2.45, 2.75) is 13.0 Å². The normalized spacial score (nSPS) is 10.9. The lowest BCUT2D eigenvalue weighted by Gasteiger charge is -2.10. The molecule has 3 rings (SSSR count). The third-order valence-corrected chi connectivity index (χ3v) is 4.08. The fourth-order valence-electron chi connectivity index (χ4n) is 2.41. The number of ether oxygens (including phenoxy) is 1. The lowest BCUT2D eigenvalue weighted by Crippen LogP contribution is -2.37.